The van der Waals surface area contributed by atoms with Crippen LogP contribution in [0.5, 0.6) is 0 Å². The smallest absolute Gasteiger partial charge is 0.303 e. The lowest BCUT2D eigenvalue weighted by molar-refractivity contribution is -0.137. The quantitative estimate of drug-likeness (QED) is 0.687. The number of carboxylic acids is 1. The van der Waals surface area contributed by atoms with Crippen LogP contribution in [0.15, 0.2) is 18.2 Å². The molecule has 4 heteroatoms. The molecule has 0 aliphatic carbocycles. The van der Waals surface area contributed by atoms with Crippen LogP contribution in [0.1, 0.15) is 48.8 Å². The highest BCUT2D eigenvalue weighted by atomic mass is 16.4. The summed E-state index contributed by atoms with van der Waals surface area (Å²) < 4.78 is 0. The van der Waals surface area contributed by atoms with Gasteiger partial charge in [-0.05, 0) is 44.2 Å². The van der Waals surface area contributed by atoms with Gasteiger partial charge in [0.2, 0.25) is 5.91 Å². The zero-order chi connectivity index (χ0) is 15.7. The van der Waals surface area contributed by atoms with Gasteiger partial charge in [0, 0.05) is 19.4 Å². The Morgan fingerprint density at radius 3 is 2.52 bits per heavy atom. The first-order chi connectivity index (χ1) is 9.99. The Kier molecular flexibility index (Phi) is 7.51. The summed E-state index contributed by atoms with van der Waals surface area (Å²) >= 11 is 0. The number of carboxylic acid groups (broad SMARTS) is 1. The number of rotatable bonds is 9. The van der Waals surface area contributed by atoms with Crippen molar-refractivity contribution in [1.82, 2.24) is 5.32 Å². The first-order valence-electron chi connectivity index (χ1n) is 7.53. The average molecular weight is 291 g/mol. The average Bonchev–Trinajstić information content (AvgIpc) is 2.41. The van der Waals surface area contributed by atoms with Crippen molar-refractivity contribution in [3.63, 3.8) is 0 Å². The van der Waals surface area contributed by atoms with Crippen LogP contribution in [0.4, 0.5) is 0 Å². The third-order valence-electron chi connectivity index (χ3n) is 3.51. The molecule has 0 unspecified atom stereocenters. The van der Waals surface area contributed by atoms with Crippen LogP contribution in [0, 0.1) is 13.8 Å². The van der Waals surface area contributed by atoms with Gasteiger partial charge in [-0.1, -0.05) is 30.2 Å². The maximum absolute atomic E-state index is 11.7. The Hall–Kier alpha value is -1.84. The van der Waals surface area contributed by atoms with Crippen molar-refractivity contribution in [3.8, 4) is 0 Å². The van der Waals surface area contributed by atoms with Crippen LogP contribution in [-0.2, 0) is 16.0 Å². The van der Waals surface area contributed by atoms with Gasteiger partial charge in [0.1, 0.15) is 0 Å². The van der Waals surface area contributed by atoms with E-state index in [0.29, 0.717) is 19.4 Å². The first-order valence-corrected chi connectivity index (χ1v) is 7.53. The Balaban J connectivity index is 2.15. The van der Waals surface area contributed by atoms with E-state index in [2.05, 4.69) is 37.4 Å². The Morgan fingerprint density at radius 2 is 1.86 bits per heavy atom. The fraction of sp³-hybridized carbons (Fsp3) is 0.529. The molecule has 116 valence electrons. The molecule has 1 aromatic rings. The molecule has 0 aromatic heterocycles. The van der Waals surface area contributed by atoms with Crippen LogP contribution in [0.25, 0.3) is 0 Å². The molecule has 1 rings (SSSR count). The third kappa shape index (κ3) is 7.49. The number of aryl methyl sites for hydroxylation is 3. The number of hydrogen-bond donors (Lipinski definition) is 2. The van der Waals surface area contributed by atoms with E-state index in [4.69, 9.17) is 5.11 Å². The largest absolute Gasteiger partial charge is 0.481 e. The van der Waals surface area contributed by atoms with Gasteiger partial charge in [-0.3, -0.25) is 9.59 Å². The van der Waals surface area contributed by atoms with Crippen molar-refractivity contribution in [2.75, 3.05) is 6.54 Å². The van der Waals surface area contributed by atoms with E-state index in [1.807, 2.05) is 0 Å². The number of carbonyl (C=O) groups is 2. The monoisotopic (exact) mass is 291 g/mol. The molecule has 0 aliphatic heterocycles. The van der Waals surface area contributed by atoms with Crippen molar-refractivity contribution in [3.05, 3.63) is 34.9 Å². The predicted octanol–water partition coefficient (Wildman–Crippen LogP) is 3.00. The lowest BCUT2D eigenvalue weighted by Crippen LogP contribution is -2.24. The van der Waals surface area contributed by atoms with Crippen LogP contribution in [-0.4, -0.2) is 23.5 Å². The van der Waals surface area contributed by atoms with E-state index < -0.39 is 5.97 Å². The van der Waals surface area contributed by atoms with Crippen molar-refractivity contribution in [2.45, 2.75) is 52.4 Å². The summed E-state index contributed by atoms with van der Waals surface area (Å²) in [5, 5.41) is 11.4. The summed E-state index contributed by atoms with van der Waals surface area (Å²) in [5.41, 5.74) is 3.69. The molecule has 0 saturated heterocycles. The van der Waals surface area contributed by atoms with Crippen LogP contribution in [0.3, 0.4) is 0 Å². The molecule has 0 spiro atoms. The number of hydrogen-bond acceptors (Lipinski definition) is 2. The highest BCUT2D eigenvalue weighted by Gasteiger charge is 2.04. The minimum Gasteiger partial charge on any atom is -0.481 e. The molecule has 4 nitrogen and oxygen atoms in total. The number of aliphatic carboxylic acids is 1. The summed E-state index contributed by atoms with van der Waals surface area (Å²) in [4.78, 5) is 22.1. The molecule has 21 heavy (non-hydrogen) atoms. The first kappa shape index (κ1) is 17.2. The Morgan fingerprint density at radius 1 is 1.10 bits per heavy atom. The van der Waals surface area contributed by atoms with E-state index in [-0.39, 0.29) is 12.3 Å². The minimum absolute atomic E-state index is 0.0632. The molecule has 0 fully saturated rings. The second-order valence-electron chi connectivity index (χ2n) is 5.48. The number of unbranched alkanes of at least 4 members (excludes halogenated alkanes) is 2. The second-order valence-corrected chi connectivity index (χ2v) is 5.48. The summed E-state index contributed by atoms with van der Waals surface area (Å²) in [6, 6.07) is 6.29. The summed E-state index contributed by atoms with van der Waals surface area (Å²) in [6.07, 6.45) is 3.82. The van der Waals surface area contributed by atoms with E-state index in [9.17, 15) is 9.59 Å². The molecule has 0 radical (unpaired) electrons. The second kappa shape index (κ2) is 9.16. The molecule has 0 saturated carbocycles. The van der Waals surface area contributed by atoms with Gasteiger partial charge in [-0.25, -0.2) is 0 Å². The number of nitrogens with one attached hydrogen (secondary N) is 1. The Bertz CT molecular complexity index is 483. The number of benzene rings is 1. The molecular weight excluding hydrogens is 266 g/mol. The van der Waals surface area contributed by atoms with Gasteiger partial charge < -0.3 is 10.4 Å². The summed E-state index contributed by atoms with van der Waals surface area (Å²) in [7, 11) is 0. The van der Waals surface area contributed by atoms with E-state index in [1.165, 1.54) is 16.7 Å². The van der Waals surface area contributed by atoms with Crippen LogP contribution >= 0.6 is 0 Å². The molecular formula is C17H25NO3. The maximum Gasteiger partial charge on any atom is 0.303 e. The predicted molar refractivity (Wildman–Crippen MR) is 83.4 cm³/mol. The van der Waals surface area contributed by atoms with Gasteiger partial charge in [-0.15, -0.1) is 0 Å². The minimum atomic E-state index is -0.757. The lowest BCUT2D eigenvalue weighted by atomic mass is 10.0. The highest BCUT2D eigenvalue weighted by Crippen LogP contribution is 2.12. The van der Waals surface area contributed by atoms with Crippen molar-refractivity contribution >= 4 is 11.9 Å². The van der Waals surface area contributed by atoms with Crippen LogP contribution in [0.2, 0.25) is 0 Å². The fourth-order valence-corrected chi connectivity index (χ4v) is 2.27. The fourth-order valence-electron chi connectivity index (χ4n) is 2.27. The van der Waals surface area contributed by atoms with Gasteiger partial charge in [0.25, 0.3) is 0 Å². The van der Waals surface area contributed by atoms with Gasteiger partial charge in [0.15, 0.2) is 0 Å². The maximum atomic E-state index is 11.7. The van der Waals surface area contributed by atoms with E-state index in [0.717, 1.165) is 19.3 Å². The highest BCUT2D eigenvalue weighted by molar-refractivity contribution is 5.76. The molecule has 2 N–H and O–H groups in total. The van der Waals surface area contributed by atoms with Gasteiger partial charge in [0.05, 0.1) is 0 Å². The standard InChI is InChI=1S/C17H25NO3/c1-13-7-8-15(14(2)12-13)9-10-16(19)18-11-5-3-4-6-17(20)21/h7-8,12H,3-6,9-11H2,1-2H3,(H,18,19)(H,20,21). The molecule has 0 bridgehead atoms. The van der Waals surface area contributed by atoms with Crippen LogP contribution < -0.4 is 5.32 Å². The normalized spacial score (nSPS) is 10.4. The molecule has 0 heterocycles. The zero-order valence-corrected chi connectivity index (χ0v) is 12.9. The topological polar surface area (TPSA) is 66.4 Å². The molecule has 0 aliphatic rings. The Labute approximate surface area is 126 Å². The number of amides is 1. The lowest BCUT2D eigenvalue weighted by Gasteiger charge is -2.08. The van der Waals surface area contributed by atoms with E-state index in [1.54, 1.807) is 0 Å². The SMILES string of the molecule is Cc1ccc(CCC(=O)NCCCCCC(=O)O)c(C)c1. The summed E-state index contributed by atoms with van der Waals surface area (Å²) in [5.74, 6) is -0.694. The van der Waals surface area contributed by atoms with Crippen molar-refractivity contribution in [2.24, 2.45) is 0 Å². The molecule has 0 atom stereocenters. The zero-order valence-electron chi connectivity index (χ0n) is 12.9. The molecule has 1 amide bonds. The van der Waals surface area contributed by atoms with Gasteiger partial charge in [-0.2, -0.15) is 0 Å². The van der Waals surface area contributed by atoms with Gasteiger partial charge >= 0.3 is 5.97 Å². The number of carbonyl (C=O) groups excluding carboxylic acids is 1. The third-order valence-corrected chi connectivity index (χ3v) is 3.51. The summed E-state index contributed by atoms with van der Waals surface area (Å²) in [6.45, 7) is 4.77. The van der Waals surface area contributed by atoms with Crippen molar-refractivity contribution < 1.29 is 14.7 Å². The van der Waals surface area contributed by atoms with E-state index >= 15 is 0 Å². The van der Waals surface area contributed by atoms with Crippen molar-refractivity contribution in [1.29, 1.82) is 0 Å². The molecule has 1 aromatic carbocycles.